The molecule has 11 heteroatoms. The molecular weight excluding hydrogens is 346 g/mol. The monoisotopic (exact) mass is 356 g/mol. The van der Waals surface area contributed by atoms with Crippen LogP contribution in [0.5, 0.6) is 0 Å². The van der Waals surface area contributed by atoms with E-state index in [2.05, 4.69) is 30.9 Å². The normalized spacial score (nSPS) is 11.0. The van der Waals surface area contributed by atoms with Crippen LogP contribution in [0.3, 0.4) is 0 Å². The first-order valence-electron chi connectivity index (χ1n) is 7.40. The predicted octanol–water partition coefficient (Wildman–Crippen LogP) is 1.30. The summed E-state index contributed by atoms with van der Waals surface area (Å²) in [5, 5.41) is 17.1. The number of fused-ring (bicyclic) bond motifs is 1. The summed E-state index contributed by atoms with van der Waals surface area (Å²) in [6.45, 7) is -0.0869. The van der Waals surface area contributed by atoms with Crippen molar-refractivity contribution in [3.05, 3.63) is 54.5 Å². The summed E-state index contributed by atoms with van der Waals surface area (Å²) in [6, 6.07) is 6.52. The lowest BCUT2D eigenvalue weighted by Crippen LogP contribution is -2.19. The first-order valence-corrected chi connectivity index (χ1v) is 7.40. The molecule has 0 bridgehead atoms. The van der Waals surface area contributed by atoms with E-state index < -0.39 is 17.5 Å². The Kier molecular flexibility index (Phi) is 3.80. The number of nitrogens with one attached hydrogen (secondary N) is 1. The second-order valence-electron chi connectivity index (χ2n) is 5.37. The molecule has 0 atom stereocenters. The van der Waals surface area contributed by atoms with Gasteiger partial charge in [0.1, 0.15) is 24.5 Å². The second-order valence-corrected chi connectivity index (χ2v) is 5.37. The van der Waals surface area contributed by atoms with E-state index in [1.807, 2.05) is 0 Å². The molecule has 0 aliphatic rings. The van der Waals surface area contributed by atoms with Crippen LogP contribution in [-0.2, 0) is 11.3 Å². The van der Waals surface area contributed by atoms with Crippen LogP contribution in [0.2, 0.25) is 0 Å². The van der Waals surface area contributed by atoms with Crippen molar-refractivity contribution in [1.82, 2.24) is 34.8 Å². The Morgan fingerprint density at radius 2 is 1.92 bits per heavy atom. The summed E-state index contributed by atoms with van der Waals surface area (Å²) in [6.07, 6.45) is 2.87. The van der Waals surface area contributed by atoms with Crippen LogP contribution in [0.15, 0.2) is 42.9 Å². The standard InChI is InChI=1S/C15H10F2N8O/c16-11-3-10(4-12(17)5-11)9-1-2-13-19-15(21-25(13)6-9)20-14(26)7-24-8-18-22-23-24/h1-6,8H,7H2,(H,20,21,26). The van der Waals surface area contributed by atoms with Crippen molar-refractivity contribution in [3.63, 3.8) is 0 Å². The third kappa shape index (κ3) is 3.22. The summed E-state index contributed by atoms with van der Waals surface area (Å²) in [5.74, 6) is -1.66. The number of nitrogens with zero attached hydrogens (tertiary/aromatic N) is 7. The maximum absolute atomic E-state index is 13.4. The van der Waals surface area contributed by atoms with Gasteiger partial charge in [0, 0.05) is 17.8 Å². The summed E-state index contributed by atoms with van der Waals surface area (Å²) < 4.78 is 29.4. The van der Waals surface area contributed by atoms with Gasteiger partial charge in [-0.05, 0) is 40.3 Å². The quantitative estimate of drug-likeness (QED) is 0.591. The molecule has 0 radical (unpaired) electrons. The molecule has 0 spiro atoms. The van der Waals surface area contributed by atoms with Gasteiger partial charge in [-0.2, -0.15) is 4.98 Å². The zero-order valence-electron chi connectivity index (χ0n) is 13.0. The van der Waals surface area contributed by atoms with Crippen molar-refractivity contribution in [2.45, 2.75) is 6.54 Å². The first kappa shape index (κ1) is 15.7. The number of carbonyl (C=O) groups is 1. The highest BCUT2D eigenvalue weighted by atomic mass is 19.1. The zero-order valence-corrected chi connectivity index (χ0v) is 13.0. The molecule has 3 heterocycles. The van der Waals surface area contributed by atoms with Gasteiger partial charge in [-0.1, -0.05) is 0 Å². The van der Waals surface area contributed by atoms with Crippen LogP contribution in [0.25, 0.3) is 16.8 Å². The summed E-state index contributed by atoms with van der Waals surface area (Å²) in [7, 11) is 0. The molecule has 9 nitrogen and oxygen atoms in total. The maximum atomic E-state index is 13.4. The van der Waals surface area contributed by atoms with E-state index in [0.717, 1.165) is 6.07 Å². The van der Waals surface area contributed by atoms with Crippen molar-refractivity contribution in [1.29, 1.82) is 0 Å². The minimum absolute atomic E-state index is 0.0869. The SMILES string of the molecule is O=C(Cn1cnnn1)Nc1nc2ccc(-c3cc(F)cc(F)c3)cn2n1. The van der Waals surface area contributed by atoms with E-state index in [1.54, 1.807) is 18.3 Å². The van der Waals surface area contributed by atoms with Crippen LogP contribution in [-0.4, -0.2) is 40.7 Å². The highest BCUT2D eigenvalue weighted by Crippen LogP contribution is 2.22. The van der Waals surface area contributed by atoms with Crippen LogP contribution < -0.4 is 5.32 Å². The fourth-order valence-corrected chi connectivity index (χ4v) is 2.39. The number of halogens is 2. The third-order valence-electron chi connectivity index (χ3n) is 3.48. The molecule has 0 aliphatic carbocycles. The van der Waals surface area contributed by atoms with E-state index in [-0.39, 0.29) is 12.5 Å². The molecule has 0 saturated heterocycles. The molecule has 26 heavy (non-hydrogen) atoms. The van der Waals surface area contributed by atoms with Gasteiger partial charge in [-0.25, -0.2) is 18.0 Å². The summed E-state index contributed by atoms with van der Waals surface area (Å²) >= 11 is 0. The number of pyridine rings is 1. The van der Waals surface area contributed by atoms with Gasteiger partial charge in [0.25, 0.3) is 0 Å². The minimum atomic E-state index is -0.672. The smallest absolute Gasteiger partial charge is 0.249 e. The minimum Gasteiger partial charge on any atom is -0.292 e. The van der Waals surface area contributed by atoms with Crippen molar-refractivity contribution < 1.29 is 13.6 Å². The number of rotatable bonds is 4. The molecular formula is C15H10F2N8O. The lowest BCUT2D eigenvalue weighted by atomic mass is 10.1. The van der Waals surface area contributed by atoms with E-state index in [1.165, 1.54) is 27.7 Å². The van der Waals surface area contributed by atoms with Crippen molar-refractivity contribution in [3.8, 4) is 11.1 Å². The molecule has 1 amide bonds. The van der Waals surface area contributed by atoms with Gasteiger partial charge in [-0.3, -0.25) is 10.1 Å². The molecule has 0 aliphatic heterocycles. The largest absolute Gasteiger partial charge is 0.292 e. The lowest BCUT2D eigenvalue weighted by Gasteiger charge is -2.02. The molecule has 1 aromatic carbocycles. The highest BCUT2D eigenvalue weighted by Gasteiger charge is 2.11. The second kappa shape index (κ2) is 6.27. The number of amides is 1. The fourth-order valence-electron chi connectivity index (χ4n) is 2.39. The number of hydrogen-bond acceptors (Lipinski definition) is 6. The third-order valence-corrected chi connectivity index (χ3v) is 3.48. The van der Waals surface area contributed by atoms with Crippen molar-refractivity contribution in [2.24, 2.45) is 0 Å². The van der Waals surface area contributed by atoms with Gasteiger partial charge in [-0.15, -0.1) is 10.2 Å². The van der Waals surface area contributed by atoms with Crippen LogP contribution in [0.4, 0.5) is 14.7 Å². The van der Waals surface area contributed by atoms with Crippen LogP contribution in [0, 0.1) is 11.6 Å². The molecule has 0 unspecified atom stereocenters. The number of anilines is 1. The van der Waals surface area contributed by atoms with E-state index in [4.69, 9.17) is 0 Å². The Labute approximate surface area is 144 Å². The topological polar surface area (TPSA) is 103 Å². The van der Waals surface area contributed by atoms with Crippen LogP contribution >= 0.6 is 0 Å². The van der Waals surface area contributed by atoms with Crippen molar-refractivity contribution in [2.75, 3.05) is 5.32 Å². The van der Waals surface area contributed by atoms with E-state index in [0.29, 0.717) is 16.8 Å². The summed E-state index contributed by atoms with van der Waals surface area (Å²) in [4.78, 5) is 16.1. The summed E-state index contributed by atoms with van der Waals surface area (Å²) in [5.41, 5.74) is 1.37. The number of tetrazole rings is 1. The average Bonchev–Trinajstić information content (AvgIpc) is 3.21. The Hall–Kier alpha value is -3.76. The van der Waals surface area contributed by atoms with Gasteiger partial charge in [0.05, 0.1) is 0 Å². The van der Waals surface area contributed by atoms with Crippen molar-refractivity contribution >= 4 is 17.5 Å². The molecule has 1 N–H and O–H groups in total. The molecule has 0 saturated carbocycles. The average molecular weight is 356 g/mol. The molecule has 130 valence electrons. The number of carbonyl (C=O) groups excluding carboxylic acids is 1. The molecule has 4 aromatic rings. The Morgan fingerprint density at radius 1 is 1.12 bits per heavy atom. The highest BCUT2D eigenvalue weighted by molar-refractivity contribution is 5.88. The van der Waals surface area contributed by atoms with Crippen LogP contribution in [0.1, 0.15) is 0 Å². The Balaban J connectivity index is 1.58. The number of hydrogen-bond donors (Lipinski definition) is 1. The van der Waals surface area contributed by atoms with E-state index in [9.17, 15) is 13.6 Å². The maximum Gasteiger partial charge on any atom is 0.249 e. The Morgan fingerprint density at radius 3 is 2.65 bits per heavy atom. The lowest BCUT2D eigenvalue weighted by molar-refractivity contribution is -0.117. The van der Waals surface area contributed by atoms with Gasteiger partial charge in [0.15, 0.2) is 5.65 Å². The molecule has 0 fully saturated rings. The zero-order chi connectivity index (χ0) is 18.1. The van der Waals surface area contributed by atoms with E-state index >= 15 is 0 Å². The number of benzene rings is 1. The first-order chi connectivity index (χ1) is 12.6. The predicted molar refractivity (Wildman–Crippen MR) is 84.8 cm³/mol. The molecule has 4 rings (SSSR count). The van der Waals surface area contributed by atoms with Gasteiger partial charge in [0.2, 0.25) is 11.9 Å². The number of aromatic nitrogens is 7. The Bertz CT molecular complexity index is 1070. The molecule has 3 aromatic heterocycles. The fraction of sp³-hybridized carbons (Fsp3) is 0.0667. The van der Waals surface area contributed by atoms with Gasteiger partial charge >= 0.3 is 0 Å². The van der Waals surface area contributed by atoms with Gasteiger partial charge < -0.3 is 0 Å².